The lowest BCUT2D eigenvalue weighted by Crippen LogP contribution is -2.48. The first-order valence-electron chi connectivity index (χ1n) is 9.98. The second kappa shape index (κ2) is 6.65. The quantitative estimate of drug-likeness (QED) is 0.585. The number of rotatable bonds is 4. The monoisotopic (exact) mass is 394 g/mol. The van der Waals surface area contributed by atoms with Crippen molar-refractivity contribution >= 4 is 17.6 Å². The standard InChI is InChI=1S/C22H28ClFO3/c1-21(2,3)27-20(25)16-7-17(23)19(8-18(16)24)26-12-22-9-13-4-14(10-22)6-15(5-13)11-22/h7-8,13-15H,4-6,9-12H2,1-3H3. The Kier molecular flexibility index (Phi) is 4.69. The molecule has 0 amide bonds. The molecular formula is C22H28ClFO3. The van der Waals surface area contributed by atoms with E-state index in [9.17, 15) is 9.18 Å². The SMILES string of the molecule is CC(C)(C)OC(=O)c1cc(Cl)c(OCC23CC4CC(CC(C4)C2)C3)cc1F. The molecule has 4 bridgehead atoms. The summed E-state index contributed by atoms with van der Waals surface area (Å²) in [5.74, 6) is 1.45. The Morgan fingerprint density at radius 2 is 1.70 bits per heavy atom. The van der Waals surface area contributed by atoms with Crippen LogP contribution in [0.4, 0.5) is 4.39 Å². The number of carbonyl (C=O) groups is 1. The van der Waals surface area contributed by atoms with Gasteiger partial charge in [0.15, 0.2) is 0 Å². The molecule has 0 radical (unpaired) electrons. The van der Waals surface area contributed by atoms with Gasteiger partial charge in [-0.25, -0.2) is 9.18 Å². The summed E-state index contributed by atoms with van der Waals surface area (Å²) in [5.41, 5.74) is -0.626. The first kappa shape index (κ1) is 19.0. The molecule has 1 aromatic carbocycles. The molecule has 4 aliphatic rings. The van der Waals surface area contributed by atoms with Gasteiger partial charge in [-0.15, -0.1) is 0 Å². The van der Waals surface area contributed by atoms with E-state index in [1.807, 2.05) is 0 Å². The molecule has 4 fully saturated rings. The van der Waals surface area contributed by atoms with E-state index in [1.54, 1.807) is 20.8 Å². The fourth-order valence-electron chi connectivity index (χ4n) is 5.83. The van der Waals surface area contributed by atoms with Crippen LogP contribution in [-0.4, -0.2) is 18.2 Å². The van der Waals surface area contributed by atoms with Gasteiger partial charge in [-0.2, -0.15) is 0 Å². The van der Waals surface area contributed by atoms with E-state index >= 15 is 0 Å². The predicted molar refractivity (Wildman–Crippen MR) is 103 cm³/mol. The molecule has 4 aliphatic carbocycles. The molecule has 1 aromatic rings. The summed E-state index contributed by atoms with van der Waals surface area (Å²) >= 11 is 6.30. The molecule has 0 aromatic heterocycles. The molecule has 0 saturated heterocycles. The lowest BCUT2D eigenvalue weighted by Gasteiger charge is -2.56. The Balaban J connectivity index is 1.47. The van der Waals surface area contributed by atoms with E-state index in [0.717, 1.165) is 17.8 Å². The first-order chi connectivity index (χ1) is 12.6. The van der Waals surface area contributed by atoms with Gasteiger partial charge in [0.2, 0.25) is 0 Å². The van der Waals surface area contributed by atoms with Crippen molar-refractivity contribution in [1.82, 2.24) is 0 Å². The van der Waals surface area contributed by atoms with Crippen LogP contribution in [0.15, 0.2) is 12.1 Å². The van der Waals surface area contributed by atoms with Crippen molar-refractivity contribution in [3.05, 3.63) is 28.5 Å². The van der Waals surface area contributed by atoms with Gasteiger partial charge in [-0.3, -0.25) is 0 Å². The van der Waals surface area contributed by atoms with Crippen LogP contribution in [0.3, 0.4) is 0 Å². The number of hydrogen-bond acceptors (Lipinski definition) is 3. The highest BCUT2D eigenvalue weighted by atomic mass is 35.5. The first-order valence-corrected chi connectivity index (χ1v) is 10.4. The van der Waals surface area contributed by atoms with Gasteiger partial charge < -0.3 is 9.47 Å². The van der Waals surface area contributed by atoms with Crippen LogP contribution in [0.5, 0.6) is 5.75 Å². The molecule has 0 heterocycles. The predicted octanol–water partition coefficient (Wildman–Crippen LogP) is 6.03. The normalized spacial score (nSPS) is 31.8. The van der Waals surface area contributed by atoms with Crippen LogP contribution < -0.4 is 4.74 Å². The third-order valence-corrected chi connectivity index (χ3v) is 6.63. The van der Waals surface area contributed by atoms with Gasteiger partial charge in [0.25, 0.3) is 0 Å². The van der Waals surface area contributed by atoms with Crippen LogP contribution in [0.2, 0.25) is 5.02 Å². The minimum atomic E-state index is -0.713. The summed E-state index contributed by atoms with van der Waals surface area (Å²) in [6.07, 6.45) is 7.77. The number of ether oxygens (including phenoxy) is 2. The zero-order valence-electron chi connectivity index (χ0n) is 16.3. The maximum absolute atomic E-state index is 14.5. The molecule has 5 heteroatoms. The second-order valence-electron chi connectivity index (χ2n) is 9.97. The molecule has 0 aliphatic heterocycles. The maximum Gasteiger partial charge on any atom is 0.341 e. The van der Waals surface area contributed by atoms with Crippen LogP contribution in [0.25, 0.3) is 0 Å². The molecular weight excluding hydrogens is 367 g/mol. The largest absolute Gasteiger partial charge is 0.491 e. The Morgan fingerprint density at radius 3 is 2.22 bits per heavy atom. The Hall–Kier alpha value is -1.29. The molecule has 0 unspecified atom stereocenters. The summed E-state index contributed by atoms with van der Waals surface area (Å²) in [7, 11) is 0. The van der Waals surface area contributed by atoms with Crippen molar-refractivity contribution in [3.63, 3.8) is 0 Å². The second-order valence-corrected chi connectivity index (χ2v) is 10.4. The van der Waals surface area contributed by atoms with Gasteiger partial charge in [-0.05, 0) is 83.1 Å². The molecule has 3 nitrogen and oxygen atoms in total. The van der Waals surface area contributed by atoms with Gasteiger partial charge in [-0.1, -0.05) is 11.6 Å². The fourth-order valence-corrected chi connectivity index (χ4v) is 6.04. The average molecular weight is 395 g/mol. The third kappa shape index (κ3) is 3.96. The lowest BCUT2D eigenvalue weighted by atomic mass is 9.50. The summed E-state index contributed by atoms with van der Waals surface area (Å²) in [6, 6.07) is 2.54. The number of halogens is 2. The smallest absolute Gasteiger partial charge is 0.341 e. The summed E-state index contributed by atoms with van der Waals surface area (Å²) in [5, 5.41) is 0.252. The van der Waals surface area contributed by atoms with Gasteiger partial charge >= 0.3 is 5.97 Å². The Bertz CT molecular complexity index is 717. The minimum Gasteiger partial charge on any atom is -0.491 e. The van der Waals surface area contributed by atoms with Crippen molar-refractivity contribution < 1.29 is 18.7 Å². The number of hydrogen-bond donors (Lipinski definition) is 0. The summed E-state index contributed by atoms with van der Waals surface area (Å²) in [6.45, 7) is 5.82. The van der Waals surface area contributed by atoms with Crippen LogP contribution in [0.1, 0.15) is 69.7 Å². The zero-order valence-corrected chi connectivity index (χ0v) is 17.1. The summed E-state index contributed by atoms with van der Waals surface area (Å²) in [4.78, 5) is 12.2. The van der Waals surface area contributed by atoms with E-state index in [-0.39, 0.29) is 16.0 Å². The van der Waals surface area contributed by atoms with E-state index < -0.39 is 17.4 Å². The molecule has 4 saturated carbocycles. The molecule has 27 heavy (non-hydrogen) atoms. The number of benzene rings is 1. The Morgan fingerprint density at radius 1 is 1.15 bits per heavy atom. The van der Waals surface area contributed by atoms with Crippen LogP contribution in [0, 0.1) is 29.0 Å². The van der Waals surface area contributed by atoms with E-state index in [4.69, 9.17) is 21.1 Å². The van der Waals surface area contributed by atoms with Gasteiger partial charge in [0.1, 0.15) is 17.2 Å². The minimum absolute atomic E-state index is 0.155. The molecule has 0 spiro atoms. The molecule has 148 valence electrons. The molecule has 0 atom stereocenters. The number of esters is 1. The lowest BCUT2D eigenvalue weighted by molar-refractivity contribution is -0.0745. The highest BCUT2D eigenvalue weighted by Gasteiger charge is 2.51. The van der Waals surface area contributed by atoms with E-state index in [2.05, 4.69) is 0 Å². The topological polar surface area (TPSA) is 35.5 Å². The van der Waals surface area contributed by atoms with Crippen molar-refractivity contribution in [1.29, 1.82) is 0 Å². The summed E-state index contributed by atoms with van der Waals surface area (Å²) < 4.78 is 25.8. The number of carbonyl (C=O) groups excluding carboxylic acids is 1. The van der Waals surface area contributed by atoms with E-state index in [1.165, 1.54) is 50.7 Å². The molecule has 5 rings (SSSR count). The van der Waals surface area contributed by atoms with Crippen molar-refractivity contribution in [3.8, 4) is 5.75 Å². The van der Waals surface area contributed by atoms with Crippen LogP contribution in [-0.2, 0) is 4.74 Å². The zero-order chi connectivity index (χ0) is 19.4. The van der Waals surface area contributed by atoms with E-state index in [0.29, 0.717) is 12.4 Å². The maximum atomic E-state index is 14.5. The van der Waals surface area contributed by atoms with Gasteiger partial charge in [0.05, 0.1) is 17.2 Å². The van der Waals surface area contributed by atoms with Gasteiger partial charge in [0, 0.05) is 11.5 Å². The van der Waals surface area contributed by atoms with Crippen molar-refractivity contribution in [2.45, 2.75) is 64.9 Å². The highest BCUT2D eigenvalue weighted by molar-refractivity contribution is 6.32. The Labute approximate surface area is 165 Å². The highest BCUT2D eigenvalue weighted by Crippen LogP contribution is 2.60. The van der Waals surface area contributed by atoms with Crippen LogP contribution >= 0.6 is 11.6 Å². The average Bonchev–Trinajstić information content (AvgIpc) is 2.52. The fraction of sp³-hybridized carbons (Fsp3) is 0.682. The van der Waals surface area contributed by atoms with Crippen molar-refractivity contribution in [2.75, 3.05) is 6.61 Å². The third-order valence-electron chi connectivity index (χ3n) is 6.34. The molecule has 0 N–H and O–H groups in total. The van der Waals surface area contributed by atoms with Crippen molar-refractivity contribution in [2.24, 2.45) is 23.2 Å².